The predicted molar refractivity (Wildman–Crippen MR) is 70.4 cm³/mol. The molecule has 1 rings (SSSR count). The molecule has 0 saturated carbocycles. The Morgan fingerprint density at radius 2 is 1.94 bits per heavy atom. The van der Waals surface area contributed by atoms with Crippen LogP contribution in [0.1, 0.15) is 10.4 Å². The van der Waals surface area contributed by atoms with Crippen molar-refractivity contribution in [2.24, 2.45) is 0 Å². The molecule has 0 N–H and O–H groups in total. The molecule has 2 nitrogen and oxygen atoms in total. The fraction of sp³-hybridized carbons (Fsp3) is 0.154. The summed E-state index contributed by atoms with van der Waals surface area (Å²) in [6.45, 7) is 7.96. The fourth-order valence-corrected chi connectivity index (χ4v) is 1.80. The fourth-order valence-electron chi connectivity index (χ4n) is 1.38. The van der Waals surface area contributed by atoms with E-state index in [-0.39, 0.29) is 5.91 Å². The number of carbonyl (C=O) groups excluding carboxylic acids is 1. The number of benzene rings is 1. The zero-order valence-corrected chi connectivity index (χ0v) is 10.9. The Labute approximate surface area is 109 Å². The van der Waals surface area contributed by atoms with Gasteiger partial charge in [-0.05, 0) is 34.1 Å². The van der Waals surface area contributed by atoms with Crippen LogP contribution in [0, 0.1) is 5.82 Å². The van der Waals surface area contributed by atoms with Crippen molar-refractivity contribution in [2.75, 3.05) is 13.1 Å². The maximum atomic E-state index is 13.1. The molecule has 1 amide bonds. The molecular formula is C13H13BrFNO. The lowest BCUT2D eigenvalue weighted by atomic mass is 10.2. The Bertz CT molecular complexity index is 435. The Morgan fingerprint density at radius 3 is 2.47 bits per heavy atom. The van der Waals surface area contributed by atoms with Gasteiger partial charge < -0.3 is 4.90 Å². The van der Waals surface area contributed by atoms with Crippen LogP contribution < -0.4 is 0 Å². The maximum absolute atomic E-state index is 13.1. The van der Waals surface area contributed by atoms with E-state index in [9.17, 15) is 9.18 Å². The third-order valence-corrected chi connectivity index (χ3v) is 2.84. The molecule has 0 fully saturated rings. The first kappa shape index (κ1) is 13.6. The van der Waals surface area contributed by atoms with E-state index in [1.54, 1.807) is 12.2 Å². The van der Waals surface area contributed by atoms with Gasteiger partial charge in [-0.3, -0.25) is 4.79 Å². The molecule has 4 heteroatoms. The second-order valence-corrected chi connectivity index (χ2v) is 4.27. The van der Waals surface area contributed by atoms with E-state index in [2.05, 4.69) is 29.1 Å². The van der Waals surface area contributed by atoms with E-state index in [4.69, 9.17) is 0 Å². The van der Waals surface area contributed by atoms with Crippen molar-refractivity contribution in [3.05, 3.63) is 59.4 Å². The first-order valence-electron chi connectivity index (χ1n) is 5.06. The molecule has 0 aliphatic rings. The van der Waals surface area contributed by atoms with E-state index >= 15 is 0 Å². The van der Waals surface area contributed by atoms with Gasteiger partial charge in [-0.25, -0.2) is 4.39 Å². The van der Waals surface area contributed by atoms with Crippen LogP contribution in [0.3, 0.4) is 0 Å². The highest BCUT2D eigenvalue weighted by atomic mass is 79.9. The minimum atomic E-state index is -0.436. The molecule has 0 aliphatic heterocycles. The minimum absolute atomic E-state index is 0.254. The quantitative estimate of drug-likeness (QED) is 0.763. The highest BCUT2D eigenvalue weighted by molar-refractivity contribution is 9.10. The molecule has 0 unspecified atom stereocenters. The van der Waals surface area contributed by atoms with Crippen LogP contribution in [0.25, 0.3) is 0 Å². The van der Waals surface area contributed by atoms with E-state index in [0.717, 1.165) is 0 Å². The Morgan fingerprint density at radius 1 is 1.35 bits per heavy atom. The van der Waals surface area contributed by atoms with Gasteiger partial charge in [0.05, 0.1) is 5.56 Å². The lowest BCUT2D eigenvalue weighted by molar-refractivity contribution is 0.0789. The molecule has 17 heavy (non-hydrogen) atoms. The van der Waals surface area contributed by atoms with E-state index in [1.165, 1.54) is 23.1 Å². The second kappa shape index (κ2) is 6.35. The number of hydrogen-bond acceptors (Lipinski definition) is 1. The summed E-state index contributed by atoms with van der Waals surface area (Å²) in [5.41, 5.74) is 0.300. The summed E-state index contributed by atoms with van der Waals surface area (Å²) in [5.74, 6) is -0.690. The van der Waals surface area contributed by atoms with Gasteiger partial charge in [0, 0.05) is 17.6 Å². The monoisotopic (exact) mass is 297 g/mol. The highest BCUT2D eigenvalue weighted by Crippen LogP contribution is 2.19. The second-order valence-electron chi connectivity index (χ2n) is 3.41. The van der Waals surface area contributed by atoms with Crippen molar-refractivity contribution in [1.29, 1.82) is 0 Å². The van der Waals surface area contributed by atoms with Gasteiger partial charge in [-0.15, -0.1) is 13.2 Å². The van der Waals surface area contributed by atoms with Gasteiger partial charge in [-0.1, -0.05) is 12.2 Å². The molecule has 0 aliphatic carbocycles. The predicted octanol–water partition coefficient (Wildman–Crippen LogP) is 3.40. The Kier molecular flexibility index (Phi) is 5.10. The molecular weight excluding hydrogens is 285 g/mol. The maximum Gasteiger partial charge on any atom is 0.255 e. The summed E-state index contributed by atoms with van der Waals surface area (Å²) in [5, 5.41) is 0. The van der Waals surface area contributed by atoms with E-state index in [1.807, 2.05) is 0 Å². The zero-order valence-electron chi connectivity index (χ0n) is 9.33. The zero-order chi connectivity index (χ0) is 12.8. The van der Waals surface area contributed by atoms with E-state index in [0.29, 0.717) is 23.1 Å². The van der Waals surface area contributed by atoms with Crippen molar-refractivity contribution in [3.63, 3.8) is 0 Å². The normalized spacial score (nSPS) is 9.76. The molecule has 0 bridgehead atoms. The average Bonchev–Trinajstić information content (AvgIpc) is 2.31. The first-order valence-corrected chi connectivity index (χ1v) is 5.85. The van der Waals surface area contributed by atoms with Gasteiger partial charge in [0.1, 0.15) is 5.82 Å². The average molecular weight is 298 g/mol. The van der Waals surface area contributed by atoms with Gasteiger partial charge in [0.2, 0.25) is 0 Å². The van der Waals surface area contributed by atoms with Crippen molar-refractivity contribution in [2.45, 2.75) is 0 Å². The number of rotatable bonds is 5. The standard InChI is InChI=1S/C13H13BrFNO/c1-3-7-16(8-4-2)13(17)11-9-10(15)5-6-12(11)14/h3-6,9H,1-2,7-8H2. The Balaban J connectivity index is 3.03. The van der Waals surface area contributed by atoms with Crippen LogP contribution in [0.4, 0.5) is 4.39 Å². The van der Waals surface area contributed by atoms with Crippen LogP contribution in [0.15, 0.2) is 48.0 Å². The van der Waals surface area contributed by atoms with Crippen LogP contribution in [0.2, 0.25) is 0 Å². The van der Waals surface area contributed by atoms with Crippen LogP contribution in [-0.4, -0.2) is 23.9 Å². The van der Waals surface area contributed by atoms with Crippen molar-refractivity contribution in [3.8, 4) is 0 Å². The van der Waals surface area contributed by atoms with Gasteiger partial charge in [0.25, 0.3) is 5.91 Å². The summed E-state index contributed by atoms with van der Waals surface area (Å²) in [6.07, 6.45) is 3.24. The summed E-state index contributed by atoms with van der Waals surface area (Å²) >= 11 is 3.24. The number of hydrogen-bond donors (Lipinski definition) is 0. The van der Waals surface area contributed by atoms with Crippen molar-refractivity contribution in [1.82, 2.24) is 4.90 Å². The van der Waals surface area contributed by atoms with Crippen molar-refractivity contribution < 1.29 is 9.18 Å². The number of nitrogens with zero attached hydrogens (tertiary/aromatic N) is 1. The SMILES string of the molecule is C=CCN(CC=C)C(=O)c1cc(F)ccc1Br. The van der Waals surface area contributed by atoms with Crippen molar-refractivity contribution >= 4 is 21.8 Å². The molecule has 0 aromatic heterocycles. The molecule has 0 atom stereocenters. The van der Waals surface area contributed by atoms with Crippen LogP contribution in [0.5, 0.6) is 0 Å². The Hall–Kier alpha value is -1.42. The topological polar surface area (TPSA) is 20.3 Å². The molecule has 0 heterocycles. The highest BCUT2D eigenvalue weighted by Gasteiger charge is 2.16. The molecule has 1 aromatic carbocycles. The number of carbonyl (C=O) groups is 1. The largest absolute Gasteiger partial charge is 0.331 e. The number of amides is 1. The van der Waals surface area contributed by atoms with E-state index < -0.39 is 5.82 Å². The van der Waals surface area contributed by atoms with Gasteiger partial charge in [-0.2, -0.15) is 0 Å². The summed E-state index contributed by atoms with van der Waals surface area (Å²) in [4.78, 5) is 13.7. The smallest absolute Gasteiger partial charge is 0.255 e. The lowest BCUT2D eigenvalue weighted by Crippen LogP contribution is -2.31. The summed E-state index contributed by atoms with van der Waals surface area (Å²) in [7, 11) is 0. The lowest BCUT2D eigenvalue weighted by Gasteiger charge is -2.19. The molecule has 0 radical (unpaired) electrons. The summed E-state index contributed by atoms with van der Waals surface area (Å²) < 4.78 is 13.7. The van der Waals surface area contributed by atoms with Crippen LogP contribution >= 0.6 is 15.9 Å². The third-order valence-electron chi connectivity index (χ3n) is 2.15. The van der Waals surface area contributed by atoms with Gasteiger partial charge in [0.15, 0.2) is 0 Å². The van der Waals surface area contributed by atoms with Crippen LogP contribution in [-0.2, 0) is 0 Å². The first-order chi connectivity index (χ1) is 8.10. The molecule has 1 aromatic rings. The number of halogens is 2. The summed E-state index contributed by atoms with van der Waals surface area (Å²) in [6, 6.07) is 4.03. The third kappa shape index (κ3) is 3.53. The molecule has 0 spiro atoms. The van der Waals surface area contributed by atoms with Gasteiger partial charge >= 0.3 is 0 Å². The minimum Gasteiger partial charge on any atom is -0.331 e. The molecule has 0 saturated heterocycles. The molecule has 90 valence electrons.